The molecule has 6 nitrogen and oxygen atoms in total. The predicted octanol–water partition coefficient (Wildman–Crippen LogP) is 1.55. The molecule has 1 N–H and O–H groups in total. The van der Waals surface area contributed by atoms with Crippen LogP contribution in [0, 0.1) is 0 Å². The molecule has 3 rings (SSSR count). The van der Waals surface area contributed by atoms with E-state index in [-0.39, 0.29) is 36.3 Å². The number of piperazine rings is 1. The summed E-state index contributed by atoms with van der Waals surface area (Å²) < 4.78 is 0. The molecule has 0 radical (unpaired) electrons. The van der Waals surface area contributed by atoms with Crippen LogP contribution in [0.15, 0.2) is 24.3 Å². The maximum absolute atomic E-state index is 12.6. The fourth-order valence-electron chi connectivity index (χ4n) is 3.39. The van der Waals surface area contributed by atoms with E-state index in [0.717, 1.165) is 24.8 Å². The Morgan fingerprint density at radius 1 is 1.28 bits per heavy atom. The van der Waals surface area contributed by atoms with Gasteiger partial charge in [0.25, 0.3) is 5.91 Å². The van der Waals surface area contributed by atoms with Crippen LogP contribution in [0.5, 0.6) is 0 Å². The second-order valence-electron chi connectivity index (χ2n) is 6.92. The predicted molar refractivity (Wildman–Crippen MR) is 93.8 cm³/mol. The van der Waals surface area contributed by atoms with Crippen molar-refractivity contribution in [1.82, 2.24) is 15.1 Å². The monoisotopic (exact) mass is 343 g/mol. The summed E-state index contributed by atoms with van der Waals surface area (Å²) in [5.41, 5.74) is 1.53. The van der Waals surface area contributed by atoms with Crippen LogP contribution in [0.2, 0.25) is 0 Å². The van der Waals surface area contributed by atoms with Gasteiger partial charge in [-0.1, -0.05) is 19.1 Å². The summed E-state index contributed by atoms with van der Waals surface area (Å²) in [7, 11) is 0. The highest BCUT2D eigenvalue weighted by atomic mass is 16.2. The topological polar surface area (TPSA) is 69.7 Å². The third-order valence-corrected chi connectivity index (χ3v) is 5.08. The summed E-state index contributed by atoms with van der Waals surface area (Å²) in [6.07, 6.45) is 2.54. The highest BCUT2D eigenvalue weighted by molar-refractivity contribution is 5.95. The zero-order valence-corrected chi connectivity index (χ0v) is 14.8. The van der Waals surface area contributed by atoms with Crippen molar-refractivity contribution in [3.63, 3.8) is 0 Å². The Morgan fingerprint density at radius 2 is 2.00 bits per heavy atom. The lowest BCUT2D eigenvalue weighted by atomic mass is 10.1. The molecule has 2 fully saturated rings. The van der Waals surface area contributed by atoms with E-state index in [1.807, 2.05) is 26.0 Å². The molecule has 0 saturated carbocycles. The molecule has 25 heavy (non-hydrogen) atoms. The summed E-state index contributed by atoms with van der Waals surface area (Å²) in [6, 6.07) is 7.10. The minimum absolute atomic E-state index is 0.0339. The van der Waals surface area contributed by atoms with Gasteiger partial charge in [0.2, 0.25) is 11.8 Å². The molecule has 2 aliphatic rings. The Labute approximate surface area is 148 Å². The van der Waals surface area contributed by atoms with Crippen molar-refractivity contribution in [3.8, 4) is 0 Å². The lowest BCUT2D eigenvalue weighted by molar-refractivity contribution is -0.154. The average Bonchev–Trinajstić information content (AvgIpc) is 3.10. The molecule has 0 aromatic heterocycles. The first kappa shape index (κ1) is 17.5. The molecular weight excluding hydrogens is 318 g/mol. The first-order valence-electron chi connectivity index (χ1n) is 8.97. The molecule has 6 heteroatoms. The molecular formula is C19H25N3O3. The third-order valence-electron chi connectivity index (χ3n) is 5.08. The standard InChI is InChI=1S/C19H25N3O3/c1-3-13(2)20-18(24)15-8-6-14(7-9-15)11-21-12-17(23)22-10-4-5-16(22)19(21)25/h6-9,13,16H,3-5,10-12H2,1-2H3,(H,20,24)/t13-,16+/m0/s1. The van der Waals surface area contributed by atoms with E-state index in [9.17, 15) is 14.4 Å². The van der Waals surface area contributed by atoms with Gasteiger partial charge in [-0.3, -0.25) is 14.4 Å². The maximum atomic E-state index is 12.6. The van der Waals surface area contributed by atoms with Gasteiger partial charge >= 0.3 is 0 Å². The van der Waals surface area contributed by atoms with Crippen LogP contribution in [0.3, 0.4) is 0 Å². The lowest BCUT2D eigenvalue weighted by Crippen LogP contribution is -2.56. The minimum atomic E-state index is -0.276. The molecule has 0 aliphatic carbocycles. The minimum Gasteiger partial charge on any atom is -0.350 e. The summed E-state index contributed by atoms with van der Waals surface area (Å²) in [4.78, 5) is 40.2. The fraction of sp³-hybridized carbons (Fsp3) is 0.526. The number of hydrogen-bond acceptors (Lipinski definition) is 3. The molecule has 0 spiro atoms. The molecule has 2 aliphatic heterocycles. The van der Waals surface area contributed by atoms with E-state index in [0.29, 0.717) is 18.7 Å². The molecule has 2 heterocycles. The molecule has 134 valence electrons. The van der Waals surface area contributed by atoms with E-state index >= 15 is 0 Å². The van der Waals surface area contributed by atoms with Crippen LogP contribution in [0.4, 0.5) is 0 Å². The number of carbonyl (C=O) groups excluding carboxylic acids is 3. The highest BCUT2D eigenvalue weighted by Crippen LogP contribution is 2.24. The van der Waals surface area contributed by atoms with Crippen molar-refractivity contribution in [2.75, 3.05) is 13.1 Å². The number of carbonyl (C=O) groups is 3. The zero-order chi connectivity index (χ0) is 18.0. The number of fused-ring (bicyclic) bond motifs is 1. The Bertz CT molecular complexity index is 671. The fourth-order valence-corrected chi connectivity index (χ4v) is 3.39. The summed E-state index contributed by atoms with van der Waals surface area (Å²) in [6.45, 7) is 5.24. The number of amides is 3. The average molecular weight is 343 g/mol. The van der Waals surface area contributed by atoms with E-state index in [1.54, 1.807) is 21.9 Å². The quantitative estimate of drug-likeness (QED) is 0.882. The van der Waals surface area contributed by atoms with E-state index in [2.05, 4.69) is 5.32 Å². The number of nitrogens with zero attached hydrogens (tertiary/aromatic N) is 2. The number of nitrogens with one attached hydrogen (secondary N) is 1. The van der Waals surface area contributed by atoms with E-state index in [1.165, 1.54) is 0 Å². The van der Waals surface area contributed by atoms with Crippen LogP contribution in [-0.4, -0.2) is 52.7 Å². The van der Waals surface area contributed by atoms with Crippen LogP contribution in [0.25, 0.3) is 0 Å². The summed E-state index contributed by atoms with van der Waals surface area (Å²) in [5.74, 6) is -0.0194. The van der Waals surface area contributed by atoms with Gasteiger partial charge in [-0.15, -0.1) is 0 Å². The molecule has 1 aromatic carbocycles. The van der Waals surface area contributed by atoms with Crippen molar-refractivity contribution in [2.24, 2.45) is 0 Å². The van der Waals surface area contributed by atoms with Crippen LogP contribution < -0.4 is 5.32 Å². The van der Waals surface area contributed by atoms with Crippen LogP contribution >= 0.6 is 0 Å². The molecule has 1 aromatic rings. The molecule has 3 amide bonds. The first-order valence-corrected chi connectivity index (χ1v) is 8.97. The maximum Gasteiger partial charge on any atom is 0.251 e. The Kier molecular flexibility index (Phi) is 5.06. The van der Waals surface area contributed by atoms with Gasteiger partial charge in [0, 0.05) is 24.7 Å². The molecule has 2 saturated heterocycles. The molecule has 0 bridgehead atoms. The summed E-state index contributed by atoms with van der Waals surface area (Å²) >= 11 is 0. The van der Waals surface area contributed by atoms with Gasteiger partial charge in [-0.2, -0.15) is 0 Å². The van der Waals surface area contributed by atoms with Crippen LogP contribution in [-0.2, 0) is 16.1 Å². The van der Waals surface area contributed by atoms with Gasteiger partial charge in [-0.25, -0.2) is 0 Å². The van der Waals surface area contributed by atoms with Gasteiger partial charge in [0.1, 0.15) is 12.6 Å². The van der Waals surface area contributed by atoms with Crippen molar-refractivity contribution in [1.29, 1.82) is 0 Å². The number of rotatable bonds is 5. The van der Waals surface area contributed by atoms with Gasteiger partial charge < -0.3 is 15.1 Å². The van der Waals surface area contributed by atoms with Crippen molar-refractivity contribution >= 4 is 17.7 Å². The first-order chi connectivity index (χ1) is 12.0. The SMILES string of the molecule is CC[C@H](C)NC(=O)c1ccc(CN2CC(=O)N3CCC[C@@H]3C2=O)cc1. The van der Waals surface area contributed by atoms with Crippen LogP contribution in [0.1, 0.15) is 49.0 Å². The van der Waals surface area contributed by atoms with Crippen molar-refractivity contribution in [3.05, 3.63) is 35.4 Å². The van der Waals surface area contributed by atoms with E-state index in [4.69, 9.17) is 0 Å². The largest absolute Gasteiger partial charge is 0.350 e. The smallest absolute Gasteiger partial charge is 0.251 e. The van der Waals surface area contributed by atoms with E-state index < -0.39 is 0 Å². The zero-order valence-electron chi connectivity index (χ0n) is 14.8. The second kappa shape index (κ2) is 7.25. The van der Waals surface area contributed by atoms with Gasteiger partial charge in [0.05, 0.1) is 0 Å². The molecule has 0 unspecified atom stereocenters. The second-order valence-corrected chi connectivity index (χ2v) is 6.92. The highest BCUT2D eigenvalue weighted by Gasteiger charge is 2.41. The molecule has 2 atom stereocenters. The summed E-state index contributed by atoms with van der Waals surface area (Å²) in [5, 5.41) is 2.93. The van der Waals surface area contributed by atoms with Gasteiger partial charge in [0.15, 0.2) is 0 Å². The van der Waals surface area contributed by atoms with Crippen molar-refractivity contribution < 1.29 is 14.4 Å². The van der Waals surface area contributed by atoms with Crippen molar-refractivity contribution in [2.45, 2.75) is 51.7 Å². The Morgan fingerprint density at radius 3 is 2.68 bits per heavy atom. The third kappa shape index (κ3) is 3.67. The lowest BCUT2D eigenvalue weighted by Gasteiger charge is -2.36. The Hall–Kier alpha value is -2.37. The normalized spacial score (nSPS) is 21.3. The Balaban J connectivity index is 1.64. The number of hydrogen-bond donors (Lipinski definition) is 1. The number of benzene rings is 1. The van der Waals surface area contributed by atoms with Gasteiger partial charge in [-0.05, 0) is 43.9 Å².